The summed E-state index contributed by atoms with van der Waals surface area (Å²) in [6.45, 7) is 2.02. The lowest BCUT2D eigenvalue weighted by molar-refractivity contribution is -0.122. The molecule has 0 aliphatic heterocycles. The van der Waals surface area contributed by atoms with E-state index in [9.17, 15) is 4.79 Å². The molecule has 0 fully saturated rings. The van der Waals surface area contributed by atoms with Gasteiger partial charge in [0.15, 0.2) is 0 Å². The molecule has 1 rings (SSSR count). The number of hydrogen-bond acceptors (Lipinski definition) is 4. The highest BCUT2D eigenvalue weighted by Gasteiger charge is 2.10. The number of nitrogens with two attached hydrogens (primary N) is 1. The van der Waals surface area contributed by atoms with Crippen LogP contribution in [0.5, 0.6) is 0 Å². The van der Waals surface area contributed by atoms with Gasteiger partial charge in [0.1, 0.15) is 6.54 Å². The van der Waals surface area contributed by atoms with E-state index in [1.54, 1.807) is 25.4 Å². The molecular formula is C9H16N4O2. The summed E-state index contributed by atoms with van der Waals surface area (Å²) in [7, 11) is 0. The van der Waals surface area contributed by atoms with Gasteiger partial charge in [-0.15, -0.1) is 0 Å². The van der Waals surface area contributed by atoms with Crippen LogP contribution in [0.15, 0.2) is 18.5 Å². The molecule has 0 saturated carbocycles. The summed E-state index contributed by atoms with van der Waals surface area (Å²) in [5.41, 5.74) is 5.55. The zero-order chi connectivity index (χ0) is 11.3. The summed E-state index contributed by atoms with van der Waals surface area (Å²) in [6.07, 6.45) is 2.68. The summed E-state index contributed by atoms with van der Waals surface area (Å²) in [4.78, 5) is 11.3. The molecule has 0 aliphatic rings. The Morgan fingerprint density at radius 2 is 2.47 bits per heavy atom. The van der Waals surface area contributed by atoms with Crippen LogP contribution in [0.1, 0.15) is 6.92 Å². The number of carbonyl (C=O) groups is 1. The maximum atomic E-state index is 11.3. The maximum absolute atomic E-state index is 11.3. The minimum atomic E-state index is -0.630. The normalized spacial score (nSPS) is 14.6. The smallest absolute Gasteiger partial charge is 0.241 e. The van der Waals surface area contributed by atoms with Crippen LogP contribution in [0, 0.1) is 0 Å². The lowest BCUT2D eigenvalue weighted by Crippen LogP contribution is -2.44. The lowest BCUT2D eigenvalue weighted by atomic mass is 10.2. The van der Waals surface area contributed by atoms with E-state index in [4.69, 9.17) is 10.8 Å². The van der Waals surface area contributed by atoms with E-state index in [0.29, 0.717) is 0 Å². The van der Waals surface area contributed by atoms with Gasteiger partial charge in [-0.25, -0.2) is 0 Å². The highest BCUT2D eigenvalue weighted by atomic mass is 16.3. The second-order valence-corrected chi connectivity index (χ2v) is 3.41. The fourth-order valence-electron chi connectivity index (χ4n) is 0.999. The number of rotatable bonds is 5. The molecule has 4 N–H and O–H groups in total. The van der Waals surface area contributed by atoms with Crippen molar-refractivity contribution in [1.29, 1.82) is 0 Å². The molecule has 0 spiro atoms. The molecule has 0 radical (unpaired) electrons. The Balaban J connectivity index is 2.25. The summed E-state index contributed by atoms with van der Waals surface area (Å²) in [5.74, 6) is -0.171. The van der Waals surface area contributed by atoms with Crippen LogP contribution < -0.4 is 11.1 Å². The van der Waals surface area contributed by atoms with Crippen molar-refractivity contribution in [3.63, 3.8) is 0 Å². The minimum Gasteiger partial charge on any atom is -0.392 e. The molecule has 84 valence electrons. The molecule has 1 aromatic rings. The first-order valence-corrected chi connectivity index (χ1v) is 4.77. The third-order valence-electron chi connectivity index (χ3n) is 2.02. The van der Waals surface area contributed by atoms with Crippen molar-refractivity contribution in [2.24, 2.45) is 5.73 Å². The highest BCUT2D eigenvalue weighted by Crippen LogP contribution is 1.87. The van der Waals surface area contributed by atoms with Gasteiger partial charge in [-0.2, -0.15) is 5.10 Å². The fourth-order valence-corrected chi connectivity index (χ4v) is 0.999. The lowest BCUT2D eigenvalue weighted by Gasteiger charge is -2.15. The third-order valence-corrected chi connectivity index (χ3v) is 2.02. The first-order valence-electron chi connectivity index (χ1n) is 4.77. The maximum Gasteiger partial charge on any atom is 0.241 e. The molecule has 1 heterocycles. The molecule has 0 saturated heterocycles. The molecule has 2 unspecified atom stereocenters. The number of hydrogen-bond donors (Lipinski definition) is 3. The van der Waals surface area contributed by atoms with Crippen molar-refractivity contribution in [1.82, 2.24) is 15.1 Å². The number of nitrogens with zero attached hydrogens (tertiary/aromatic N) is 2. The molecule has 0 bridgehead atoms. The van der Waals surface area contributed by atoms with Crippen LogP contribution in [0.4, 0.5) is 0 Å². The van der Waals surface area contributed by atoms with Gasteiger partial charge in [0, 0.05) is 25.0 Å². The summed E-state index contributed by atoms with van der Waals surface area (Å²) >= 11 is 0. The van der Waals surface area contributed by atoms with E-state index >= 15 is 0 Å². The molecule has 2 atom stereocenters. The van der Waals surface area contributed by atoms with Crippen molar-refractivity contribution >= 4 is 5.91 Å². The van der Waals surface area contributed by atoms with Crippen LogP contribution >= 0.6 is 0 Å². The van der Waals surface area contributed by atoms with E-state index in [1.807, 2.05) is 0 Å². The van der Waals surface area contributed by atoms with E-state index in [2.05, 4.69) is 10.4 Å². The van der Waals surface area contributed by atoms with Gasteiger partial charge < -0.3 is 16.2 Å². The van der Waals surface area contributed by atoms with E-state index in [-0.39, 0.29) is 19.0 Å². The van der Waals surface area contributed by atoms with Crippen molar-refractivity contribution in [2.45, 2.75) is 25.6 Å². The van der Waals surface area contributed by atoms with Crippen LogP contribution in [-0.2, 0) is 11.3 Å². The quantitative estimate of drug-likeness (QED) is 0.566. The average Bonchev–Trinajstić information content (AvgIpc) is 2.66. The van der Waals surface area contributed by atoms with Gasteiger partial charge in [-0.1, -0.05) is 0 Å². The van der Waals surface area contributed by atoms with Gasteiger partial charge in [-0.3, -0.25) is 9.48 Å². The van der Waals surface area contributed by atoms with E-state index in [0.717, 1.165) is 0 Å². The van der Waals surface area contributed by atoms with E-state index in [1.165, 1.54) is 4.68 Å². The van der Waals surface area contributed by atoms with Gasteiger partial charge in [0.05, 0.1) is 6.10 Å². The number of aliphatic hydroxyl groups is 1. The molecule has 0 aromatic carbocycles. The Kier molecular flexibility index (Phi) is 4.26. The zero-order valence-electron chi connectivity index (χ0n) is 8.63. The van der Waals surface area contributed by atoms with Crippen LogP contribution in [0.3, 0.4) is 0 Å². The summed E-state index contributed by atoms with van der Waals surface area (Å²) in [6, 6.07) is 1.31. The number of aliphatic hydroxyl groups excluding tert-OH is 1. The second-order valence-electron chi connectivity index (χ2n) is 3.41. The van der Waals surface area contributed by atoms with Gasteiger partial charge in [-0.05, 0) is 13.0 Å². The standard InChI is InChI=1S/C9H16N4O2/c1-7(14)8(10)5-11-9(15)6-13-4-2-3-12-13/h2-4,7-8,14H,5-6,10H2,1H3,(H,11,15). The summed E-state index contributed by atoms with van der Waals surface area (Å²) in [5, 5.41) is 15.6. The predicted octanol–water partition coefficient (Wildman–Crippen LogP) is -1.29. The van der Waals surface area contributed by atoms with Crippen molar-refractivity contribution in [3.8, 4) is 0 Å². The Labute approximate surface area is 88.1 Å². The Hall–Kier alpha value is -1.40. The largest absolute Gasteiger partial charge is 0.392 e. The monoisotopic (exact) mass is 212 g/mol. The zero-order valence-corrected chi connectivity index (χ0v) is 8.63. The first-order chi connectivity index (χ1) is 7.09. The van der Waals surface area contributed by atoms with Crippen LogP contribution in [-0.4, -0.2) is 39.5 Å². The van der Waals surface area contributed by atoms with Gasteiger partial charge in [0.2, 0.25) is 5.91 Å². The predicted molar refractivity (Wildman–Crippen MR) is 54.9 cm³/mol. The molecule has 6 heteroatoms. The topological polar surface area (TPSA) is 93.2 Å². The molecule has 1 amide bonds. The molecule has 0 aliphatic carbocycles. The molecule has 15 heavy (non-hydrogen) atoms. The number of carbonyl (C=O) groups excluding carboxylic acids is 1. The minimum absolute atomic E-state index is 0.166. The number of amides is 1. The Morgan fingerprint density at radius 1 is 1.73 bits per heavy atom. The van der Waals surface area contributed by atoms with Crippen LogP contribution in [0.25, 0.3) is 0 Å². The van der Waals surface area contributed by atoms with Crippen LogP contribution in [0.2, 0.25) is 0 Å². The first kappa shape index (κ1) is 11.7. The van der Waals surface area contributed by atoms with Gasteiger partial charge >= 0.3 is 0 Å². The fraction of sp³-hybridized carbons (Fsp3) is 0.556. The number of aromatic nitrogens is 2. The number of nitrogens with one attached hydrogen (secondary N) is 1. The Morgan fingerprint density at radius 3 is 3.00 bits per heavy atom. The third kappa shape index (κ3) is 4.09. The van der Waals surface area contributed by atoms with Crippen molar-refractivity contribution in [3.05, 3.63) is 18.5 Å². The van der Waals surface area contributed by atoms with Crippen molar-refractivity contribution < 1.29 is 9.90 Å². The van der Waals surface area contributed by atoms with Gasteiger partial charge in [0.25, 0.3) is 0 Å². The highest BCUT2D eigenvalue weighted by molar-refractivity contribution is 5.75. The SMILES string of the molecule is CC(O)C(N)CNC(=O)Cn1cccn1. The Bertz CT molecular complexity index is 297. The molecule has 1 aromatic heterocycles. The average molecular weight is 212 g/mol. The van der Waals surface area contributed by atoms with Crippen molar-refractivity contribution in [2.75, 3.05) is 6.54 Å². The second kappa shape index (κ2) is 5.47. The van der Waals surface area contributed by atoms with E-state index < -0.39 is 12.1 Å². The molecule has 6 nitrogen and oxygen atoms in total. The molecular weight excluding hydrogens is 196 g/mol. The summed E-state index contributed by atoms with van der Waals surface area (Å²) < 4.78 is 1.52.